The summed E-state index contributed by atoms with van der Waals surface area (Å²) in [6.45, 7) is 3.70. The minimum absolute atomic E-state index is 0.0524. The molecule has 0 aliphatic carbocycles. The minimum atomic E-state index is -0.555. The first kappa shape index (κ1) is 18.2. The number of hydrogen-bond donors (Lipinski definition) is 1. The van der Waals surface area contributed by atoms with Crippen LogP contribution in [0.3, 0.4) is 0 Å². The number of hydrogen-bond acceptors (Lipinski definition) is 6. The molecule has 1 heterocycles. The quantitative estimate of drug-likeness (QED) is 0.526. The van der Waals surface area contributed by atoms with Gasteiger partial charge in [-0.05, 0) is 30.5 Å². The number of benzene rings is 2. The van der Waals surface area contributed by atoms with E-state index >= 15 is 0 Å². The van der Waals surface area contributed by atoms with Gasteiger partial charge in [-0.25, -0.2) is 0 Å². The Morgan fingerprint density at radius 1 is 1.15 bits per heavy atom. The first-order chi connectivity index (χ1) is 13.0. The van der Waals surface area contributed by atoms with E-state index in [0.29, 0.717) is 17.9 Å². The molecule has 1 N–H and O–H groups in total. The van der Waals surface area contributed by atoms with Gasteiger partial charge in [-0.15, -0.1) is 5.10 Å². The molecule has 8 heteroatoms. The van der Waals surface area contributed by atoms with Crippen LogP contribution in [0, 0.1) is 17.0 Å². The Balaban J connectivity index is 1.69. The van der Waals surface area contributed by atoms with E-state index < -0.39 is 10.8 Å². The van der Waals surface area contributed by atoms with E-state index in [1.807, 2.05) is 24.3 Å². The molecule has 1 amide bonds. The lowest BCUT2D eigenvalue weighted by Gasteiger charge is -2.02. The van der Waals surface area contributed by atoms with Crippen LogP contribution in [0.1, 0.15) is 39.9 Å². The Hall–Kier alpha value is -3.55. The van der Waals surface area contributed by atoms with Crippen LogP contribution in [-0.4, -0.2) is 21.0 Å². The number of nitro benzene ring substituents is 1. The van der Waals surface area contributed by atoms with Gasteiger partial charge in [-0.3, -0.25) is 20.2 Å². The van der Waals surface area contributed by atoms with Crippen molar-refractivity contribution >= 4 is 17.6 Å². The molecule has 0 aliphatic heterocycles. The van der Waals surface area contributed by atoms with Crippen LogP contribution < -0.4 is 5.32 Å². The molecule has 8 nitrogen and oxygen atoms in total. The standard InChI is InChI=1S/C19H18N4O4/c1-3-13-5-7-14(8-6-13)10-17-21-22-19(27-17)20-18(24)15-9-4-12(2)16(11-15)23(25)26/h4-9,11H,3,10H2,1-2H3,(H,20,22,24). The Morgan fingerprint density at radius 3 is 2.52 bits per heavy atom. The molecule has 2 aromatic carbocycles. The molecule has 0 spiro atoms. The molecule has 0 aliphatic rings. The SMILES string of the molecule is CCc1ccc(Cc2nnc(NC(=O)c3ccc(C)c([N+](=O)[O-])c3)o2)cc1. The number of nitrogens with zero attached hydrogens (tertiary/aromatic N) is 3. The Bertz CT molecular complexity index is 980. The second-order valence-electron chi connectivity index (χ2n) is 6.06. The first-order valence-corrected chi connectivity index (χ1v) is 8.43. The third-order valence-corrected chi connectivity index (χ3v) is 4.14. The predicted molar refractivity (Wildman–Crippen MR) is 98.7 cm³/mol. The summed E-state index contributed by atoms with van der Waals surface area (Å²) in [5.41, 5.74) is 2.75. The van der Waals surface area contributed by atoms with Crippen molar-refractivity contribution in [2.24, 2.45) is 0 Å². The maximum Gasteiger partial charge on any atom is 0.322 e. The molecule has 0 radical (unpaired) electrons. The fourth-order valence-corrected chi connectivity index (χ4v) is 2.56. The topological polar surface area (TPSA) is 111 Å². The molecule has 27 heavy (non-hydrogen) atoms. The number of carbonyl (C=O) groups is 1. The number of anilines is 1. The molecule has 0 unspecified atom stereocenters. The Kier molecular flexibility index (Phi) is 5.25. The van der Waals surface area contributed by atoms with Crippen molar-refractivity contribution in [2.75, 3.05) is 5.32 Å². The van der Waals surface area contributed by atoms with Crippen LogP contribution >= 0.6 is 0 Å². The number of carbonyl (C=O) groups excluding carboxylic acids is 1. The van der Waals surface area contributed by atoms with Crippen LogP contribution in [0.25, 0.3) is 0 Å². The van der Waals surface area contributed by atoms with E-state index in [1.165, 1.54) is 23.8 Å². The van der Waals surface area contributed by atoms with Gasteiger partial charge in [0.15, 0.2) is 0 Å². The van der Waals surface area contributed by atoms with Gasteiger partial charge in [0.2, 0.25) is 5.89 Å². The summed E-state index contributed by atoms with van der Waals surface area (Å²) >= 11 is 0. The average Bonchev–Trinajstić information content (AvgIpc) is 3.09. The molecule has 1 aromatic heterocycles. The third-order valence-electron chi connectivity index (χ3n) is 4.14. The van der Waals surface area contributed by atoms with E-state index in [9.17, 15) is 14.9 Å². The first-order valence-electron chi connectivity index (χ1n) is 8.43. The van der Waals surface area contributed by atoms with Crippen molar-refractivity contribution in [1.29, 1.82) is 0 Å². The van der Waals surface area contributed by atoms with Gasteiger partial charge in [0.25, 0.3) is 11.6 Å². The van der Waals surface area contributed by atoms with E-state index in [1.54, 1.807) is 6.92 Å². The number of nitrogens with one attached hydrogen (secondary N) is 1. The largest absolute Gasteiger partial charge is 0.407 e. The lowest BCUT2D eigenvalue weighted by molar-refractivity contribution is -0.385. The van der Waals surface area contributed by atoms with Gasteiger partial charge < -0.3 is 4.42 Å². The highest BCUT2D eigenvalue weighted by Gasteiger charge is 2.17. The van der Waals surface area contributed by atoms with E-state index in [0.717, 1.165) is 12.0 Å². The van der Waals surface area contributed by atoms with Crippen LogP contribution in [0.2, 0.25) is 0 Å². The monoisotopic (exact) mass is 366 g/mol. The zero-order valence-electron chi connectivity index (χ0n) is 14.9. The molecule has 3 rings (SSSR count). The average molecular weight is 366 g/mol. The fourth-order valence-electron chi connectivity index (χ4n) is 2.56. The highest BCUT2D eigenvalue weighted by atomic mass is 16.6. The van der Waals surface area contributed by atoms with Crippen LogP contribution in [0.15, 0.2) is 46.9 Å². The van der Waals surface area contributed by atoms with Crippen LogP contribution in [0.4, 0.5) is 11.7 Å². The van der Waals surface area contributed by atoms with Gasteiger partial charge in [-0.1, -0.05) is 42.4 Å². The number of rotatable bonds is 6. The van der Waals surface area contributed by atoms with Gasteiger partial charge in [-0.2, -0.15) is 0 Å². The Labute approximate surface area is 155 Å². The maximum atomic E-state index is 12.3. The van der Waals surface area contributed by atoms with Crippen molar-refractivity contribution in [3.8, 4) is 0 Å². The van der Waals surface area contributed by atoms with Crippen molar-refractivity contribution in [2.45, 2.75) is 26.7 Å². The molecule has 0 atom stereocenters. The molecule has 0 saturated heterocycles. The summed E-state index contributed by atoms with van der Waals surface area (Å²) in [5.74, 6) is -0.190. The van der Waals surface area contributed by atoms with Crippen molar-refractivity contribution < 1.29 is 14.1 Å². The summed E-state index contributed by atoms with van der Waals surface area (Å²) in [6.07, 6.45) is 1.41. The number of nitro groups is 1. The van der Waals surface area contributed by atoms with E-state index in [4.69, 9.17) is 4.42 Å². The summed E-state index contributed by atoms with van der Waals surface area (Å²) < 4.78 is 5.45. The number of aryl methyl sites for hydroxylation is 2. The van der Waals surface area contributed by atoms with Crippen molar-refractivity contribution in [3.63, 3.8) is 0 Å². The number of aromatic nitrogens is 2. The normalized spacial score (nSPS) is 10.6. The van der Waals surface area contributed by atoms with Crippen LogP contribution in [0.5, 0.6) is 0 Å². The van der Waals surface area contributed by atoms with Gasteiger partial charge in [0.1, 0.15) is 0 Å². The van der Waals surface area contributed by atoms with Crippen LogP contribution in [-0.2, 0) is 12.8 Å². The maximum absolute atomic E-state index is 12.3. The molecule has 0 fully saturated rings. The van der Waals surface area contributed by atoms with E-state index in [-0.39, 0.29) is 17.3 Å². The molecule has 3 aromatic rings. The smallest absolute Gasteiger partial charge is 0.322 e. The highest BCUT2D eigenvalue weighted by molar-refractivity contribution is 6.03. The summed E-state index contributed by atoms with van der Waals surface area (Å²) in [6, 6.07) is 12.3. The molecule has 0 saturated carbocycles. The molecular formula is C19H18N4O4. The fraction of sp³-hybridized carbons (Fsp3) is 0.211. The highest BCUT2D eigenvalue weighted by Crippen LogP contribution is 2.20. The number of amides is 1. The second-order valence-corrected chi connectivity index (χ2v) is 6.06. The summed E-state index contributed by atoms with van der Waals surface area (Å²) in [7, 11) is 0. The van der Waals surface area contributed by atoms with E-state index in [2.05, 4.69) is 22.4 Å². The Morgan fingerprint density at radius 2 is 1.85 bits per heavy atom. The molecule has 0 bridgehead atoms. The predicted octanol–water partition coefficient (Wildman–Crippen LogP) is 3.69. The molecule has 138 valence electrons. The van der Waals surface area contributed by atoms with Gasteiger partial charge in [0.05, 0.1) is 11.3 Å². The summed E-state index contributed by atoms with van der Waals surface area (Å²) in [5, 5.41) is 21.2. The summed E-state index contributed by atoms with van der Waals surface area (Å²) in [4.78, 5) is 22.8. The lowest BCUT2D eigenvalue weighted by atomic mass is 10.1. The van der Waals surface area contributed by atoms with Crippen molar-refractivity contribution in [1.82, 2.24) is 10.2 Å². The zero-order chi connectivity index (χ0) is 19.4. The van der Waals surface area contributed by atoms with Gasteiger partial charge >= 0.3 is 6.01 Å². The zero-order valence-corrected chi connectivity index (χ0v) is 14.9. The van der Waals surface area contributed by atoms with Gasteiger partial charge in [0, 0.05) is 17.2 Å². The minimum Gasteiger partial charge on any atom is -0.407 e. The molecular weight excluding hydrogens is 348 g/mol. The second kappa shape index (κ2) is 7.77. The van der Waals surface area contributed by atoms with Crippen molar-refractivity contribution in [3.05, 3.63) is 80.7 Å². The lowest BCUT2D eigenvalue weighted by Crippen LogP contribution is -2.12. The third kappa shape index (κ3) is 4.35.